The minimum absolute atomic E-state index is 0.548. The Kier molecular flexibility index (Phi) is 2.14. The second kappa shape index (κ2) is 3.47. The molecule has 68 valence electrons. The van der Waals surface area contributed by atoms with Gasteiger partial charge in [-0.3, -0.25) is 0 Å². The van der Waals surface area contributed by atoms with Gasteiger partial charge in [0, 0.05) is 0 Å². The molecule has 0 spiro atoms. The number of rotatable bonds is 0. The van der Waals surface area contributed by atoms with E-state index < -0.39 is 23.2 Å². The minimum atomic E-state index is -0.548. The Labute approximate surface area is 95.5 Å². The van der Waals surface area contributed by atoms with Crippen molar-refractivity contribution in [3.63, 3.8) is 0 Å². The summed E-state index contributed by atoms with van der Waals surface area (Å²) in [6.07, 6.45) is 0. The third-order valence-corrected chi connectivity index (χ3v) is 8.05. The molecule has 0 unspecified atom stereocenters. The van der Waals surface area contributed by atoms with Crippen molar-refractivity contribution in [1.29, 1.82) is 0 Å². The summed E-state index contributed by atoms with van der Waals surface area (Å²) in [6.45, 7) is 0. The predicted octanol–water partition coefficient (Wildman–Crippen LogP) is 1.93. The van der Waals surface area contributed by atoms with E-state index in [9.17, 15) is 0 Å². The topological polar surface area (TPSA) is 0 Å². The number of fused-ring (bicyclic) bond motifs is 3. The Morgan fingerprint density at radius 1 is 0.786 bits per heavy atom. The molecule has 0 atom stereocenters. The average Bonchev–Trinajstić information content (AvgIpc) is 2.29. The molecular weight excluding hydrogens is 365 g/mol. The first-order valence-electron chi connectivity index (χ1n) is 4.86. The molecular formula is C13H11Bi. The number of benzene rings is 2. The van der Waals surface area contributed by atoms with Crippen LogP contribution >= 0.6 is 0 Å². The van der Waals surface area contributed by atoms with Crippen molar-refractivity contribution in [2.45, 2.75) is 4.13 Å². The molecule has 0 aliphatic carbocycles. The summed E-state index contributed by atoms with van der Waals surface area (Å²) in [5, 5.41) is 0. The predicted molar refractivity (Wildman–Crippen MR) is 62.4 cm³/mol. The summed E-state index contributed by atoms with van der Waals surface area (Å²) in [5.41, 5.74) is 4.56. The van der Waals surface area contributed by atoms with Gasteiger partial charge in [0.1, 0.15) is 0 Å². The summed E-state index contributed by atoms with van der Waals surface area (Å²) in [7, 11) is 0. The Morgan fingerprint density at radius 3 is 2.43 bits per heavy atom. The number of hydrogen-bond acceptors (Lipinski definition) is 0. The van der Waals surface area contributed by atoms with Crippen LogP contribution in [0.3, 0.4) is 0 Å². The second-order valence-electron chi connectivity index (χ2n) is 3.56. The zero-order valence-corrected chi connectivity index (χ0v) is 11.7. The summed E-state index contributed by atoms with van der Waals surface area (Å²) >= 11 is -0.548. The van der Waals surface area contributed by atoms with Crippen LogP contribution in [0.15, 0.2) is 48.5 Å². The van der Waals surface area contributed by atoms with Crippen LogP contribution < -0.4 is 3.27 Å². The first-order valence-corrected chi connectivity index (χ1v) is 9.55. The van der Waals surface area contributed by atoms with Crippen LogP contribution in [0.25, 0.3) is 11.1 Å². The van der Waals surface area contributed by atoms with Crippen LogP contribution in [0.4, 0.5) is 0 Å². The van der Waals surface area contributed by atoms with Gasteiger partial charge in [-0.1, -0.05) is 0 Å². The maximum atomic E-state index is 2.33. The Morgan fingerprint density at radius 2 is 1.50 bits per heavy atom. The zero-order chi connectivity index (χ0) is 9.38. The van der Waals surface area contributed by atoms with E-state index in [-0.39, 0.29) is 0 Å². The third-order valence-electron chi connectivity index (χ3n) is 2.70. The van der Waals surface area contributed by atoms with Crippen molar-refractivity contribution in [3.05, 3.63) is 54.1 Å². The van der Waals surface area contributed by atoms with Crippen LogP contribution in [0.1, 0.15) is 5.56 Å². The van der Waals surface area contributed by atoms with Gasteiger partial charge in [-0.25, -0.2) is 0 Å². The Hall–Kier alpha value is -0.677. The molecule has 0 N–H and O–H groups in total. The van der Waals surface area contributed by atoms with Crippen molar-refractivity contribution in [2.24, 2.45) is 0 Å². The molecule has 1 heteroatoms. The van der Waals surface area contributed by atoms with E-state index in [2.05, 4.69) is 48.5 Å². The normalized spacial score (nSPS) is 13.1. The van der Waals surface area contributed by atoms with Gasteiger partial charge < -0.3 is 0 Å². The number of hydrogen-bond donors (Lipinski definition) is 0. The molecule has 0 saturated heterocycles. The van der Waals surface area contributed by atoms with E-state index in [0.717, 1.165) is 0 Å². The molecule has 0 bridgehead atoms. The quantitative estimate of drug-likeness (QED) is 0.617. The molecule has 0 saturated carbocycles. The van der Waals surface area contributed by atoms with Crippen LogP contribution in [0, 0.1) is 0 Å². The molecule has 0 fully saturated rings. The van der Waals surface area contributed by atoms with Gasteiger partial charge in [0.05, 0.1) is 0 Å². The van der Waals surface area contributed by atoms with Crippen molar-refractivity contribution in [3.8, 4) is 11.1 Å². The van der Waals surface area contributed by atoms with Gasteiger partial charge in [0.15, 0.2) is 0 Å². The fourth-order valence-corrected chi connectivity index (χ4v) is 7.10. The van der Waals surface area contributed by atoms with Crippen molar-refractivity contribution in [1.82, 2.24) is 0 Å². The third kappa shape index (κ3) is 1.31. The van der Waals surface area contributed by atoms with Crippen LogP contribution in [-0.4, -0.2) is 23.2 Å². The molecule has 0 aromatic heterocycles. The van der Waals surface area contributed by atoms with E-state index in [1.807, 2.05) is 0 Å². The Balaban J connectivity index is 2.29. The average molecular weight is 376 g/mol. The first kappa shape index (κ1) is 8.62. The van der Waals surface area contributed by atoms with Gasteiger partial charge in [0.25, 0.3) is 0 Å². The van der Waals surface area contributed by atoms with Gasteiger partial charge in [0.2, 0.25) is 0 Å². The van der Waals surface area contributed by atoms with Gasteiger partial charge in [-0.2, -0.15) is 0 Å². The summed E-state index contributed by atoms with van der Waals surface area (Å²) < 4.78 is 3.07. The monoisotopic (exact) mass is 376 g/mol. The van der Waals surface area contributed by atoms with Crippen molar-refractivity contribution >= 4 is 26.5 Å². The van der Waals surface area contributed by atoms with Gasteiger partial charge >= 0.3 is 95.9 Å². The maximum absolute atomic E-state index is 2.33. The van der Waals surface area contributed by atoms with Crippen LogP contribution in [0.2, 0.25) is 0 Å². The molecule has 14 heavy (non-hydrogen) atoms. The summed E-state index contributed by atoms with van der Waals surface area (Å²) in [4.78, 5) is 0. The zero-order valence-electron chi connectivity index (χ0n) is 7.83. The summed E-state index contributed by atoms with van der Waals surface area (Å²) in [5.74, 6) is 0. The summed E-state index contributed by atoms with van der Waals surface area (Å²) in [6, 6.07) is 17.8. The molecule has 0 nitrogen and oxygen atoms in total. The molecule has 1 heterocycles. The van der Waals surface area contributed by atoms with Crippen molar-refractivity contribution < 1.29 is 0 Å². The van der Waals surface area contributed by atoms with Crippen LogP contribution in [0.5, 0.6) is 0 Å². The van der Waals surface area contributed by atoms with E-state index in [4.69, 9.17) is 0 Å². The fraction of sp³-hybridized carbons (Fsp3) is 0.0769. The Bertz CT molecular complexity index is 429. The van der Waals surface area contributed by atoms with E-state index in [0.29, 0.717) is 0 Å². The van der Waals surface area contributed by atoms with E-state index in [1.165, 1.54) is 15.3 Å². The first-order chi connectivity index (χ1) is 6.95. The molecule has 0 radical (unpaired) electrons. The van der Waals surface area contributed by atoms with Gasteiger partial charge in [-0.05, 0) is 0 Å². The molecule has 2 aromatic carbocycles. The molecule has 0 amide bonds. The fourth-order valence-electron chi connectivity index (χ4n) is 2.00. The van der Waals surface area contributed by atoms with E-state index in [1.54, 1.807) is 8.83 Å². The standard InChI is InChI=1S/C13H10.Bi.H/c1-11-7-5-6-10-13(11)12-8-3-2-4-9-12;;/h2-8,10H,1H2;;. The van der Waals surface area contributed by atoms with Crippen molar-refractivity contribution in [2.75, 3.05) is 0 Å². The van der Waals surface area contributed by atoms with Gasteiger partial charge in [-0.15, -0.1) is 0 Å². The molecule has 1 aliphatic heterocycles. The second-order valence-corrected chi connectivity index (χ2v) is 8.40. The SMILES string of the molecule is c1ccc2c(c1)[CH2][BiH][c]1ccccc1-2. The molecule has 3 rings (SSSR count). The molecule has 2 aromatic rings. The van der Waals surface area contributed by atoms with Crippen LogP contribution in [-0.2, 0) is 4.13 Å². The van der Waals surface area contributed by atoms with E-state index >= 15 is 0 Å². The molecule has 1 aliphatic rings.